The number of benzene rings is 1. The molecule has 0 saturated carbocycles. The highest BCUT2D eigenvalue weighted by molar-refractivity contribution is 9.10. The summed E-state index contributed by atoms with van der Waals surface area (Å²) in [7, 11) is 3.40. The Morgan fingerprint density at radius 2 is 1.95 bits per heavy atom. The van der Waals surface area contributed by atoms with E-state index < -0.39 is 0 Å². The molecule has 1 N–H and O–H groups in total. The van der Waals surface area contributed by atoms with Crippen LogP contribution in [-0.2, 0) is 9.47 Å². The van der Waals surface area contributed by atoms with Crippen LogP contribution < -0.4 is 0 Å². The monoisotopic (exact) mass is 345 g/mol. The summed E-state index contributed by atoms with van der Waals surface area (Å²) in [5.74, 6) is 0.313. The highest BCUT2D eigenvalue weighted by atomic mass is 79.9. The molecule has 0 saturated heterocycles. The summed E-state index contributed by atoms with van der Waals surface area (Å²) >= 11 is 3.46. The van der Waals surface area contributed by atoms with Crippen molar-refractivity contribution in [1.82, 2.24) is 4.90 Å². The van der Waals surface area contributed by atoms with Gasteiger partial charge in [-0.15, -0.1) is 0 Å². The Hall–Kier alpha value is -0.620. The first-order valence-electron chi connectivity index (χ1n) is 6.73. The third-order valence-corrected chi connectivity index (χ3v) is 3.96. The predicted molar refractivity (Wildman–Crippen MR) is 84.1 cm³/mol. The van der Waals surface area contributed by atoms with Crippen molar-refractivity contribution >= 4 is 15.9 Å². The van der Waals surface area contributed by atoms with Crippen molar-refractivity contribution in [3.05, 3.63) is 28.2 Å². The summed E-state index contributed by atoms with van der Waals surface area (Å²) in [5, 5.41) is 10.1. The minimum absolute atomic E-state index is 0.0767. The lowest BCUT2D eigenvalue weighted by Gasteiger charge is -2.34. The second-order valence-corrected chi connectivity index (χ2v) is 5.83. The van der Waals surface area contributed by atoms with Crippen LogP contribution in [-0.4, -0.2) is 50.0 Å². The van der Waals surface area contributed by atoms with Gasteiger partial charge in [-0.05, 0) is 32.0 Å². The second-order valence-electron chi connectivity index (χ2n) is 4.91. The third-order valence-electron chi connectivity index (χ3n) is 3.46. The van der Waals surface area contributed by atoms with E-state index >= 15 is 0 Å². The standard InChI is InChI=1S/C15H24BrNO3/c1-11(10-20-4)17(7-8-19-3)12(2)14-9-13(16)5-6-15(14)18/h5-6,9,11-12,18H,7-8,10H2,1-4H3. The average Bonchev–Trinajstić information content (AvgIpc) is 2.42. The molecule has 0 aliphatic carbocycles. The topological polar surface area (TPSA) is 41.9 Å². The van der Waals surface area contributed by atoms with Gasteiger partial charge in [0.25, 0.3) is 0 Å². The first-order chi connectivity index (χ1) is 9.51. The smallest absolute Gasteiger partial charge is 0.120 e. The van der Waals surface area contributed by atoms with Crippen molar-refractivity contribution in [2.24, 2.45) is 0 Å². The molecule has 0 aliphatic heterocycles. The summed E-state index contributed by atoms with van der Waals surface area (Å²) in [4.78, 5) is 2.27. The maximum absolute atomic E-state index is 10.1. The van der Waals surface area contributed by atoms with Crippen LogP contribution in [0.3, 0.4) is 0 Å². The van der Waals surface area contributed by atoms with E-state index in [1.54, 1.807) is 20.3 Å². The van der Waals surface area contributed by atoms with Crippen LogP contribution in [0.1, 0.15) is 25.5 Å². The fourth-order valence-electron chi connectivity index (χ4n) is 2.37. The molecule has 20 heavy (non-hydrogen) atoms. The molecule has 1 aromatic rings. The number of aromatic hydroxyl groups is 1. The Morgan fingerprint density at radius 1 is 1.25 bits per heavy atom. The van der Waals surface area contributed by atoms with Crippen LogP contribution >= 0.6 is 15.9 Å². The summed E-state index contributed by atoms with van der Waals surface area (Å²) in [5.41, 5.74) is 0.901. The zero-order valence-electron chi connectivity index (χ0n) is 12.6. The van der Waals surface area contributed by atoms with Gasteiger partial charge >= 0.3 is 0 Å². The molecule has 114 valence electrons. The summed E-state index contributed by atoms with van der Waals surface area (Å²) in [6, 6.07) is 5.82. The first-order valence-corrected chi connectivity index (χ1v) is 7.52. The van der Waals surface area contributed by atoms with Gasteiger partial charge in [-0.2, -0.15) is 0 Å². The number of nitrogens with zero attached hydrogens (tertiary/aromatic N) is 1. The van der Waals surface area contributed by atoms with E-state index in [-0.39, 0.29) is 12.1 Å². The molecule has 1 rings (SSSR count). The van der Waals surface area contributed by atoms with E-state index in [0.717, 1.165) is 16.6 Å². The highest BCUT2D eigenvalue weighted by Gasteiger charge is 2.23. The zero-order chi connectivity index (χ0) is 15.1. The van der Waals surface area contributed by atoms with Crippen molar-refractivity contribution < 1.29 is 14.6 Å². The molecule has 5 heteroatoms. The number of phenolic OH excluding ortho intramolecular Hbond substituents is 1. The number of halogens is 1. The van der Waals surface area contributed by atoms with Crippen molar-refractivity contribution in [1.29, 1.82) is 0 Å². The van der Waals surface area contributed by atoms with Gasteiger partial charge < -0.3 is 14.6 Å². The number of hydrogen-bond donors (Lipinski definition) is 1. The van der Waals surface area contributed by atoms with E-state index in [9.17, 15) is 5.11 Å². The second kappa shape index (κ2) is 8.62. The molecule has 0 aliphatic rings. The van der Waals surface area contributed by atoms with Gasteiger partial charge in [-0.3, -0.25) is 4.90 Å². The summed E-state index contributed by atoms with van der Waals surface area (Å²) in [6.07, 6.45) is 0. The highest BCUT2D eigenvalue weighted by Crippen LogP contribution is 2.32. The van der Waals surface area contributed by atoms with Gasteiger partial charge in [-0.25, -0.2) is 0 Å². The maximum atomic E-state index is 10.1. The minimum Gasteiger partial charge on any atom is -0.508 e. The molecule has 0 heterocycles. The molecule has 2 atom stereocenters. The molecule has 0 aromatic heterocycles. The molecular weight excluding hydrogens is 322 g/mol. The molecule has 0 amide bonds. The van der Waals surface area contributed by atoms with Crippen LogP contribution in [0.25, 0.3) is 0 Å². The fraction of sp³-hybridized carbons (Fsp3) is 0.600. The predicted octanol–water partition coefficient (Wildman–Crippen LogP) is 3.20. The molecule has 1 aromatic carbocycles. The Kier molecular flexibility index (Phi) is 7.51. The molecular formula is C15H24BrNO3. The Balaban J connectivity index is 2.95. The minimum atomic E-state index is 0.0767. The Bertz CT molecular complexity index is 414. The molecule has 0 spiro atoms. The molecule has 2 unspecified atom stereocenters. The molecule has 0 bridgehead atoms. The van der Waals surface area contributed by atoms with Crippen molar-refractivity contribution in [2.45, 2.75) is 25.9 Å². The van der Waals surface area contributed by atoms with Gasteiger partial charge in [0.2, 0.25) is 0 Å². The lowest BCUT2D eigenvalue weighted by Crippen LogP contribution is -2.40. The summed E-state index contributed by atoms with van der Waals surface area (Å²) < 4.78 is 11.4. The largest absolute Gasteiger partial charge is 0.508 e. The van der Waals surface area contributed by atoms with Gasteiger partial charge in [0.1, 0.15) is 5.75 Å². The number of ether oxygens (including phenoxy) is 2. The van der Waals surface area contributed by atoms with Crippen LogP contribution in [0, 0.1) is 0 Å². The normalized spacial score (nSPS) is 14.5. The average molecular weight is 346 g/mol. The van der Waals surface area contributed by atoms with Crippen molar-refractivity contribution in [3.8, 4) is 5.75 Å². The first kappa shape index (κ1) is 17.4. The van der Waals surface area contributed by atoms with Crippen LogP contribution in [0.15, 0.2) is 22.7 Å². The number of methoxy groups -OCH3 is 2. The van der Waals surface area contributed by atoms with Crippen molar-refractivity contribution in [2.75, 3.05) is 34.0 Å². The lowest BCUT2D eigenvalue weighted by atomic mass is 10.0. The SMILES string of the molecule is COCCN(C(C)COC)C(C)c1cc(Br)ccc1O. The van der Waals surface area contributed by atoms with Crippen molar-refractivity contribution in [3.63, 3.8) is 0 Å². The van der Waals surface area contributed by atoms with Crippen LogP contribution in [0.2, 0.25) is 0 Å². The van der Waals surface area contributed by atoms with Crippen LogP contribution in [0.4, 0.5) is 0 Å². The fourth-order valence-corrected chi connectivity index (χ4v) is 2.75. The molecule has 0 fully saturated rings. The van der Waals surface area contributed by atoms with Gasteiger partial charge in [-0.1, -0.05) is 15.9 Å². The van der Waals surface area contributed by atoms with Gasteiger partial charge in [0.15, 0.2) is 0 Å². The Labute approximate surface area is 129 Å². The number of hydrogen-bond acceptors (Lipinski definition) is 4. The molecule has 0 radical (unpaired) electrons. The number of phenols is 1. The maximum Gasteiger partial charge on any atom is 0.120 e. The number of rotatable bonds is 8. The van der Waals surface area contributed by atoms with Gasteiger partial charge in [0, 0.05) is 42.9 Å². The van der Waals surface area contributed by atoms with E-state index in [4.69, 9.17) is 9.47 Å². The third kappa shape index (κ3) is 4.74. The van der Waals surface area contributed by atoms with E-state index in [1.165, 1.54) is 0 Å². The summed E-state index contributed by atoms with van der Waals surface area (Å²) in [6.45, 7) is 6.28. The quantitative estimate of drug-likeness (QED) is 0.785. The van der Waals surface area contributed by atoms with E-state index in [1.807, 2.05) is 12.1 Å². The molecule has 4 nitrogen and oxygen atoms in total. The Morgan fingerprint density at radius 3 is 2.55 bits per heavy atom. The van der Waals surface area contributed by atoms with E-state index in [2.05, 4.69) is 34.7 Å². The lowest BCUT2D eigenvalue weighted by molar-refractivity contribution is 0.0508. The van der Waals surface area contributed by atoms with Crippen LogP contribution in [0.5, 0.6) is 5.75 Å². The zero-order valence-corrected chi connectivity index (χ0v) is 14.2. The van der Waals surface area contributed by atoms with Gasteiger partial charge in [0.05, 0.1) is 13.2 Å². The van der Waals surface area contributed by atoms with E-state index in [0.29, 0.717) is 19.0 Å².